The molecule has 158 valence electrons. The summed E-state index contributed by atoms with van der Waals surface area (Å²) >= 11 is 0. The van der Waals surface area contributed by atoms with Crippen LogP contribution in [0.2, 0.25) is 0 Å². The Morgan fingerprint density at radius 2 is 1.80 bits per heavy atom. The first kappa shape index (κ1) is 21.4. The Morgan fingerprint density at radius 1 is 1.07 bits per heavy atom. The van der Waals surface area contributed by atoms with Crippen molar-refractivity contribution >= 4 is 16.8 Å². The summed E-state index contributed by atoms with van der Waals surface area (Å²) in [5.74, 6) is 0.110. The van der Waals surface area contributed by atoms with Gasteiger partial charge in [0, 0.05) is 19.4 Å². The summed E-state index contributed by atoms with van der Waals surface area (Å²) in [7, 11) is 0. The number of fused-ring (bicyclic) bond motifs is 1. The lowest BCUT2D eigenvalue weighted by Gasteiger charge is -2.09. The average molecular weight is 419 g/mol. The Kier molecular flexibility index (Phi) is 6.71. The molecule has 1 heterocycles. The van der Waals surface area contributed by atoms with Crippen molar-refractivity contribution in [3.05, 3.63) is 70.3 Å². The highest BCUT2D eigenvalue weighted by Crippen LogP contribution is 2.22. The highest BCUT2D eigenvalue weighted by molar-refractivity contribution is 5.77. The van der Waals surface area contributed by atoms with Crippen LogP contribution in [0.1, 0.15) is 24.2 Å². The number of ether oxygens (including phenoxy) is 1. The van der Waals surface area contributed by atoms with Gasteiger partial charge >= 0.3 is 6.36 Å². The monoisotopic (exact) mass is 419 g/mol. The summed E-state index contributed by atoms with van der Waals surface area (Å²) in [6.45, 7) is 0.364. The van der Waals surface area contributed by atoms with Crippen LogP contribution in [-0.2, 0) is 17.6 Å². The summed E-state index contributed by atoms with van der Waals surface area (Å²) in [6, 6.07) is 12.6. The number of halogens is 3. The quantitative estimate of drug-likeness (QED) is 0.585. The molecule has 0 saturated carbocycles. The number of rotatable bonds is 8. The molecule has 2 aromatic carbocycles. The van der Waals surface area contributed by atoms with E-state index in [0.29, 0.717) is 42.5 Å². The maximum atomic E-state index is 12.1. The van der Waals surface area contributed by atoms with Crippen molar-refractivity contribution in [2.24, 2.45) is 0 Å². The Labute approximate surface area is 170 Å². The van der Waals surface area contributed by atoms with Gasteiger partial charge in [0.15, 0.2) is 0 Å². The molecule has 0 radical (unpaired) electrons. The molecule has 0 spiro atoms. The van der Waals surface area contributed by atoms with Gasteiger partial charge < -0.3 is 15.0 Å². The molecule has 0 aliphatic heterocycles. The van der Waals surface area contributed by atoms with Crippen molar-refractivity contribution in [1.29, 1.82) is 0 Å². The van der Waals surface area contributed by atoms with Gasteiger partial charge in [-0.05, 0) is 42.7 Å². The topological polar surface area (TPSA) is 84.1 Å². The van der Waals surface area contributed by atoms with Crippen molar-refractivity contribution in [3.63, 3.8) is 0 Å². The van der Waals surface area contributed by atoms with Crippen molar-refractivity contribution in [2.45, 2.75) is 32.0 Å². The average Bonchev–Trinajstić information content (AvgIpc) is 2.68. The molecule has 3 rings (SSSR count). The summed E-state index contributed by atoms with van der Waals surface area (Å²) in [6.07, 6.45) is -2.97. The SMILES string of the molecule is O=C(CCCc1nc2ccccc2c(=O)[nH]1)NCCc1ccc(OC(F)(F)F)cc1. The van der Waals surface area contributed by atoms with E-state index in [1.165, 1.54) is 24.3 Å². The fraction of sp³-hybridized carbons (Fsp3) is 0.286. The molecule has 6 nitrogen and oxygen atoms in total. The largest absolute Gasteiger partial charge is 0.573 e. The van der Waals surface area contributed by atoms with Gasteiger partial charge in [0.1, 0.15) is 11.6 Å². The number of H-pyrrole nitrogens is 1. The molecule has 1 amide bonds. The lowest BCUT2D eigenvalue weighted by Crippen LogP contribution is -2.25. The van der Waals surface area contributed by atoms with E-state index in [-0.39, 0.29) is 23.6 Å². The Hall–Kier alpha value is -3.36. The second-order valence-electron chi connectivity index (χ2n) is 6.68. The second-order valence-corrected chi connectivity index (χ2v) is 6.68. The first-order chi connectivity index (χ1) is 14.3. The first-order valence-electron chi connectivity index (χ1n) is 9.39. The van der Waals surface area contributed by atoms with E-state index in [2.05, 4.69) is 20.0 Å². The van der Waals surface area contributed by atoms with Gasteiger partial charge in [-0.3, -0.25) is 9.59 Å². The molecule has 0 saturated heterocycles. The normalized spacial score (nSPS) is 11.4. The maximum Gasteiger partial charge on any atom is 0.573 e. The van der Waals surface area contributed by atoms with Crippen LogP contribution in [0.5, 0.6) is 5.75 Å². The third-order valence-electron chi connectivity index (χ3n) is 4.37. The van der Waals surface area contributed by atoms with Crippen LogP contribution in [0, 0.1) is 0 Å². The van der Waals surface area contributed by atoms with Crippen LogP contribution in [0.15, 0.2) is 53.3 Å². The molecule has 0 aliphatic carbocycles. The zero-order valence-corrected chi connectivity index (χ0v) is 16.0. The smallest absolute Gasteiger partial charge is 0.406 e. The maximum absolute atomic E-state index is 12.1. The fourth-order valence-corrected chi connectivity index (χ4v) is 2.96. The van der Waals surface area contributed by atoms with Crippen LogP contribution < -0.4 is 15.6 Å². The molecule has 3 aromatic rings. The molecule has 1 aromatic heterocycles. The lowest BCUT2D eigenvalue weighted by atomic mass is 10.1. The molecule has 0 unspecified atom stereocenters. The van der Waals surface area contributed by atoms with Crippen molar-refractivity contribution < 1.29 is 22.7 Å². The standard InChI is InChI=1S/C21H20F3N3O3/c22-21(23,24)30-15-10-8-14(9-11-15)12-13-25-19(28)7-3-6-18-26-17-5-2-1-4-16(17)20(29)27-18/h1-2,4-5,8-11H,3,6-7,12-13H2,(H,25,28)(H,26,27,29). The number of alkyl halides is 3. The van der Waals surface area contributed by atoms with Gasteiger partial charge in [-0.2, -0.15) is 0 Å². The number of amides is 1. The van der Waals surface area contributed by atoms with Crippen LogP contribution >= 0.6 is 0 Å². The van der Waals surface area contributed by atoms with Crippen LogP contribution in [0.4, 0.5) is 13.2 Å². The lowest BCUT2D eigenvalue weighted by molar-refractivity contribution is -0.274. The summed E-state index contributed by atoms with van der Waals surface area (Å²) in [4.78, 5) is 31.1. The van der Waals surface area contributed by atoms with E-state index in [9.17, 15) is 22.8 Å². The van der Waals surface area contributed by atoms with Gasteiger partial charge in [-0.1, -0.05) is 24.3 Å². The van der Waals surface area contributed by atoms with E-state index >= 15 is 0 Å². The predicted molar refractivity (Wildman–Crippen MR) is 105 cm³/mol. The zero-order valence-electron chi connectivity index (χ0n) is 16.0. The number of aromatic nitrogens is 2. The second kappa shape index (κ2) is 9.43. The van der Waals surface area contributed by atoms with Gasteiger partial charge in [0.05, 0.1) is 10.9 Å². The molecule has 0 aliphatic rings. The number of carbonyl (C=O) groups is 1. The third-order valence-corrected chi connectivity index (χ3v) is 4.37. The van der Waals surface area contributed by atoms with E-state index in [4.69, 9.17) is 0 Å². The number of para-hydroxylation sites is 1. The number of carbonyl (C=O) groups excluding carboxylic acids is 1. The van der Waals surface area contributed by atoms with Gasteiger partial charge in [-0.25, -0.2) is 4.98 Å². The van der Waals surface area contributed by atoms with Gasteiger partial charge in [0.25, 0.3) is 5.56 Å². The van der Waals surface area contributed by atoms with Crippen LogP contribution in [-0.4, -0.2) is 28.8 Å². The number of nitrogens with zero attached hydrogens (tertiary/aromatic N) is 1. The molecule has 0 atom stereocenters. The van der Waals surface area contributed by atoms with E-state index in [0.717, 1.165) is 5.56 Å². The number of benzene rings is 2. The van der Waals surface area contributed by atoms with Gasteiger partial charge in [0.2, 0.25) is 5.91 Å². The highest BCUT2D eigenvalue weighted by atomic mass is 19.4. The van der Waals surface area contributed by atoms with Crippen molar-refractivity contribution in [3.8, 4) is 5.75 Å². The number of aryl methyl sites for hydroxylation is 1. The molecular weight excluding hydrogens is 399 g/mol. The summed E-state index contributed by atoms with van der Waals surface area (Å²) in [5.41, 5.74) is 1.20. The van der Waals surface area contributed by atoms with Crippen LogP contribution in [0.25, 0.3) is 10.9 Å². The van der Waals surface area contributed by atoms with Crippen molar-refractivity contribution in [1.82, 2.24) is 15.3 Å². The number of nitrogens with one attached hydrogen (secondary N) is 2. The van der Waals surface area contributed by atoms with Gasteiger partial charge in [-0.15, -0.1) is 13.2 Å². The minimum Gasteiger partial charge on any atom is -0.406 e. The van der Waals surface area contributed by atoms with E-state index in [1.807, 2.05) is 6.07 Å². The Balaban J connectivity index is 1.40. The highest BCUT2D eigenvalue weighted by Gasteiger charge is 2.30. The molecule has 30 heavy (non-hydrogen) atoms. The molecular formula is C21H20F3N3O3. The predicted octanol–water partition coefficient (Wildman–Crippen LogP) is 3.50. The number of aromatic amines is 1. The van der Waals surface area contributed by atoms with E-state index < -0.39 is 6.36 Å². The number of hydrogen-bond donors (Lipinski definition) is 2. The molecule has 0 fully saturated rings. The minimum absolute atomic E-state index is 0.143. The minimum atomic E-state index is -4.72. The molecule has 0 bridgehead atoms. The summed E-state index contributed by atoms with van der Waals surface area (Å²) in [5, 5.41) is 3.29. The molecule has 9 heteroatoms. The third kappa shape index (κ3) is 6.33. The molecule has 2 N–H and O–H groups in total. The zero-order chi connectivity index (χ0) is 21.6. The van der Waals surface area contributed by atoms with E-state index in [1.54, 1.807) is 18.2 Å². The Bertz CT molecular complexity index is 1060. The first-order valence-corrected chi connectivity index (χ1v) is 9.39. The summed E-state index contributed by atoms with van der Waals surface area (Å²) < 4.78 is 40.2. The Morgan fingerprint density at radius 3 is 2.53 bits per heavy atom. The fourth-order valence-electron chi connectivity index (χ4n) is 2.96. The van der Waals surface area contributed by atoms with Crippen LogP contribution in [0.3, 0.4) is 0 Å². The van der Waals surface area contributed by atoms with Crippen molar-refractivity contribution in [2.75, 3.05) is 6.54 Å². The number of hydrogen-bond acceptors (Lipinski definition) is 4.